The number of nitrogens with zero attached hydrogens (tertiary/aromatic N) is 4. The lowest BCUT2D eigenvalue weighted by atomic mass is 9.93. The third-order valence-corrected chi connectivity index (χ3v) is 3.34. The summed E-state index contributed by atoms with van der Waals surface area (Å²) in [5.74, 6) is 0. The average molecular weight is 259 g/mol. The van der Waals surface area contributed by atoms with Gasteiger partial charge in [0.25, 0.3) is 0 Å². The third-order valence-electron chi connectivity index (χ3n) is 2.61. The fourth-order valence-corrected chi connectivity index (χ4v) is 1.87. The molecule has 0 aromatic carbocycles. The Morgan fingerprint density at radius 1 is 1.35 bits per heavy atom. The summed E-state index contributed by atoms with van der Waals surface area (Å²) >= 11 is 6.59. The molecule has 0 radical (unpaired) electrons. The van der Waals surface area contributed by atoms with Crippen LogP contribution in [0.4, 0.5) is 0 Å². The highest BCUT2D eigenvalue weighted by Gasteiger charge is 2.29. The number of rotatable bonds is 6. The second-order valence-electron chi connectivity index (χ2n) is 5.24. The van der Waals surface area contributed by atoms with E-state index < -0.39 is 4.87 Å². The minimum Gasteiger partial charge on any atom is -0.287 e. The van der Waals surface area contributed by atoms with Gasteiger partial charge in [0.15, 0.2) is 0 Å². The molecule has 0 aromatic heterocycles. The molecule has 0 rings (SSSR count). The number of halogens is 1. The summed E-state index contributed by atoms with van der Waals surface area (Å²) in [5.41, 5.74) is 9.08. The standard InChI is InChI=1S/C12H23ClN4/c1-6-12(13,8-7-9-15-17-14)10(2)16-11(3,4)5/h6-9H2,1-5H3. The first kappa shape index (κ1) is 16.3. The summed E-state index contributed by atoms with van der Waals surface area (Å²) in [6.45, 7) is 10.7. The summed E-state index contributed by atoms with van der Waals surface area (Å²) in [5, 5.41) is 3.53. The van der Waals surface area contributed by atoms with Gasteiger partial charge in [0.1, 0.15) is 0 Å². The highest BCUT2D eigenvalue weighted by atomic mass is 35.5. The van der Waals surface area contributed by atoms with E-state index in [0.29, 0.717) is 6.54 Å². The Bertz CT molecular complexity index is 313. The number of hydrogen-bond donors (Lipinski definition) is 0. The van der Waals surface area contributed by atoms with E-state index in [0.717, 1.165) is 25.0 Å². The van der Waals surface area contributed by atoms with Gasteiger partial charge in [-0.25, -0.2) is 0 Å². The quantitative estimate of drug-likeness (QED) is 0.165. The average Bonchev–Trinajstić information content (AvgIpc) is 2.21. The van der Waals surface area contributed by atoms with E-state index in [2.05, 4.69) is 42.7 Å². The molecule has 0 aromatic rings. The maximum absolute atomic E-state index is 8.22. The molecular weight excluding hydrogens is 236 g/mol. The van der Waals surface area contributed by atoms with Crippen molar-refractivity contribution in [3.8, 4) is 0 Å². The third kappa shape index (κ3) is 6.54. The summed E-state index contributed by atoms with van der Waals surface area (Å²) in [7, 11) is 0. The Morgan fingerprint density at radius 3 is 2.35 bits per heavy atom. The van der Waals surface area contributed by atoms with Gasteiger partial charge in [-0.05, 0) is 52.5 Å². The maximum Gasteiger partial charge on any atom is 0.0817 e. The van der Waals surface area contributed by atoms with E-state index in [4.69, 9.17) is 17.1 Å². The van der Waals surface area contributed by atoms with Crippen LogP contribution < -0.4 is 0 Å². The maximum atomic E-state index is 8.22. The number of aliphatic imine (C=N–C) groups is 1. The fraction of sp³-hybridized carbons (Fsp3) is 0.917. The van der Waals surface area contributed by atoms with E-state index in [-0.39, 0.29) is 5.54 Å². The molecule has 0 bridgehead atoms. The SMILES string of the molecule is CCC(Cl)(CCCN=[N+]=[N-])C(C)=NC(C)(C)C. The molecule has 0 saturated carbocycles. The molecule has 1 unspecified atom stereocenters. The Hall–Kier alpha value is -0.730. The van der Waals surface area contributed by atoms with Gasteiger partial charge < -0.3 is 0 Å². The minimum atomic E-state index is -0.405. The van der Waals surface area contributed by atoms with Crippen molar-refractivity contribution in [2.75, 3.05) is 6.54 Å². The second-order valence-corrected chi connectivity index (χ2v) is 5.97. The van der Waals surface area contributed by atoms with Crippen LogP contribution in [0.15, 0.2) is 10.1 Å². The number of azide groups is 1. The first-order valence-electron chi connectivity index (χ1n) is 6.02. The predicted octanol–water partition coefficient (Wildman–Crippen LogP) is 4.72. The van der Waals surface area contributed by atoms with Crippen LogP contribution in [-0.4, -0.2) is 22.7 Å². The molecule has 0 saturated heterocycles. The molecular formula is C12H23ClN4. The van der Waals surface area contributed by atoms with Crippen molar-refractivity contribution in [1.29, 1.82) is 0 Å². The lowest BCUT2D eigenvalue weighted by Gasteiger charge is -2.28. The number of hydrogen-bond acceptors (Lipinski definition) is 2. The Balaban J connectivity index is 4.65. The lowest BCUT2D eigenvalue weighted by molar-refractivity contribution is 0.558. The highest BCUT2D eigenvalue weighted by molar-refractivity contribution is 6.35. The van der Waals surface area contributed by atoms with Crippen molar-refractivity contribution in [3.63, 3.8) is 0 Å². The normalized spacial score (nSPS) is 16.2. The van der Waals surface area contributed by atoms with Gasteiger partial charge in [0.05, 0.1) is 10.4 Å². The number of alkyl halides is 1. The second kappa shape index (κ2) is 6.87. The summed E-state index contributed by atoms with van der Waals surface area (Å²) in [6, 6.07) is 0. The van der Waals surface area contributed by atoms with Crippen molar-refractivity contribution in [3.05, 3.63) is 10.4 Å². The molecule has 98 valence electrons. The van der Waals surface area contributed by atoms with Crippen LogP contribution >= 0.6 is 11.6 Å². The molecule has 0 spiro atoms. The molecule has 0 aliphatic rings. The van der Waals surface area contributed by atoms with Crippen LogP contribution in [0.3, 0.4) is 0 Å². The molecule has 4 nitrogen and oxygen atoms in total. The van der Waals surface area contributed by atoms with E-state index in [1.54, 1.807) is 0 Å². The molecule has 0 aliphatic carbocycles. The summed E-state index contributed by atoms with van der Waals surface area (Å²) in [4.78, 5) is 6.96. The lowest BCUT2D eigenvalue weighted by Crippen LogP contribution is -2.32. The van der Waals surface area contributed by atoms with Crippen molar-refractivity contribution in [2.24, 2.45) is 10.1 Å². The van der Waals surface area contributed by atoms with E-state index in [1.807, 2.05) is 6.92 Å². The molecule has 0 N–H and O–H groups in total. The first-order chi connectivity index (χ1) is 7.75. The van der Waals surface area contributed by atoms with E-state index in [1.165, 1.54) is 0 Å². The van der Waals surface area contributed by atoms with Crippen molar-refractivity contribution < 1.29 is 0 Å². The van der Waals surface area contributed by atoms with E-state index >= 15 is 0 Å². The van der Waals surface area contributed by atoms with Crippen LogP contribution in [0.1, 0.15) is 53.9 Å². The molecule has 5 heteroatoms. The molecule has 0 fully saturated rings. The van der Waals surface area contributed by atoms with E-state index in [9.17, 15) is 0 Å². The topological polar surface area (TPSA) is 61.1 Å². The van der Waals surface area contributed by atoms with Gasteiger partial charge in [-0.1, -0.05) is 12.0 Å². The molecule has 17 heavy (non-hydrogen) atoms. The zero-order valence-corrected chi connectivity index (χ0v) is 12.3. The molecule has 1 atom stereocenters. The van der Waals surface area contributed by atoms with Crippen LogP contribution in [-0.2, 0) is 0 Å². The first-order valence-corrected chi connectivity index (χ1v) is 6.39. The Labute approximate surface area is 109 Å². The van der Waals surface area contributed by atoms with Crippen molar-refractivity contribution in [2.45, 2.75) is 64.3 Å². The van der Waals surface area contributed by atoms with Crippen LogP contribution in [0.25, 0.3) is 10.4 Å². The molecule has 0 aliphatic heterocycles. The smallest absolute Gasteiger partial charge is 0.0817 e. The Morgan fingerprint density at radius 2 is 1.94 bits per heavy atom. The summed E-state index contributed by atoms with van der Waals surface area (Å²) < 4.78 is 0. The largest absolute Gasteiger partial charge is 0.287 e. The van der Waals surface area contributed by atoms with Gasteiger partial charge in [0, 0.05) is 17.2 Å². The van der Waals surface area contributed by atoms with Gasteiger partial charge in [-0.15, -0.1) is 11.6 Å². The van der Waals surface area contributed by atoms with Crippen molar-refractivity contribution in [1.82, 2.24) is 0 Å². The molecule has 0 amide bonds. The van der Waals surface area contributed by atoms with Crippen LogP contribution in [0.5, 0.6) is 0 Å². The summed E-state index contributed by atoms with van der Waals surface area (Å²) in [6.07, 6.45) is 2.41. The molecule has 0 heterocycles. The minimum absolute atomic E-state index is 0.107. The Kier molecular flexibility index (Phi) is 6.58. The fourth-order valence-electron chi connectivity index (χ4n) is 1.69. The van der Waals surface area contributed by atoms with Gasteiger partial charge in [-0.2, -0.15) is 0 Å². The van der Waals surface area contributed by atoms with Crippen LogP contribution in [0, 0.1) is 0 Å². The predicted molar refractivity (Wildman–Crippen MR) is 75.0 cm³/mol. The van der Waals surface area contributed by atoms with Gasteiger partial charge >= 0.3 is 0 Å². The monoisotopic (exact) mass is 258 g/mol. The van der Waals surface area contributed by atoms with Gasteiger partial charge in [0.2, 0.25) is 0 Å². The highest BCUT2D eigenvalue weighted by Crippen LogP contribution is 2.29. The zero-order valence-electron chi connectivity index (χ0n) is 11.5. The van der Waals surface area contributed by atoms with Gasteiger partial charge in [-0.3, -0.25) is 4.99 Å². The van der Waals surface area contributed by atoms with Crippen LogP contribution in [0.2, 0.25) is 0 Å². The zero-order chi connectivity index (χ0) is 13.5. The van der Waals surface area contributed by atoms with Crippen molar-refractivity contribution >= 4 is 17.3 Å².